The molecular weight excluding hydrogens is 338 g/mol. The van der Waals surface area contributed by atoms with Crippen molar-refractivity contribution in [2.45, 2.75) is 12.5 Å². The fraction of sp³-hybridized carbons (Fsp3) is 0.200. The summed E-state index contributed by atoms with van der Waals surface area (Å²) in [7, 11) is 0. The number of hydrogen-bond donors (Lipinski definition) is 0. The third kappa shape index (κ3) is 4.14. The Morgan fingerprint density at radius 1 is 1.23 bits per heavy atom. The van der Waals surface area contributed by atoms with Crippen LogP contribution >= 0.6 is 0 Å². The van der Waals surface area contributed by atoms with E-state index in [4.69, 9.17) is 4.84 Å². The molecule has 0 saturated heterocycles. The molecule has 0 saturated carbocycles. The summed E-state index contributed by atoms with van der Waals surface area (Å²) in [6.07, 6.45) is 1.69. The molecule has 0 spiro atoms. The molecule has 1 aliphatic rings. The molecule has 1 atom stereocenters. The molecule has 1 aliphatic heterocycles. The average molecular weight is 356 g/mol. The van der Waals surface area contributed by atoms with Gasteiger partial charge in [0.1, 0.15) is 11.6 Å². The van der Waals surface area contributed by atoms with Crippen molar-refractivity contribution >= 4 is 11.6 Å². The van der Waals surface area contributed by atoms with E-state index in [9.17, 15) is 13.6 Å². The van der Waals surface area contributed by atoms with E-state index in [1.807, 2.05) is 0 Å². The van der Waals surface area contributed by atoms with Gasteiger partial charge in [-0.3, -0.25) is 4.79 Å². The maximum atomic E-state index is 13.4. The van der Waals surface area contributed by atoms with Gasteiger partial charge in [-0.1, -0.05) is 29.4 Å². The van der Waals surface area contributed by atoms with Crippen molar-refractivity contribution in [2.75, 3.05) is 13.1 Å². The molecule has 6 heteroatoms. The first-order valence-corrected chi connectivity index (χ1v) is 8.21. The van der Waals surface area contributed by atoms with Crippen molar-refractivity contribution in [1.29, 1.82) is 0 Å². The highest BCUT2D eigenvalue weighted by Crippen LogP contribution is 2.19. The van der Waals surface area contributed by atoms with Gasteiger partial charge in [0.2, 0.25) is 0 Å². The quantitative estimate of drug-likeness (QED) is 0.739. The summed E-state index contributed by atoms with van der Waals surface area (Å²) < 4.78 is 26.8. The molecule has 0 radical (unpaired) electrons. The van der Waals surface area contributed by atoms with Crippen LogP contribution in [0.2, 0.25) is 0 Å². The van der Waals surface area contributed by atoms with Crippen LogP contribution in [0.1, 0.15) is 22.3 Å². The van der Waals surface area contributed by atoms with Crippen molar-refractivity contribution in [2.24, 2.45) is 5.16 Å². The Bertz CT molecular complexity index is 851. The van der Waals surface area contributed by atoms with Crippen LogP contribution in [0.15, 0.2) is 66.3 Å². The summed E-state index contributed by atoms with van der Waals surface area (Å²) in [6.45, 7) is 4.23. The zero-order valence-corrected chi connectivity index (χ0v) is 14.1. The summed E-state index contributed by atoms with van der Waals surface area (Å²) in [5.41, 5.74) is 1.54. The van der Waals surface area contributed by atoms with Crippen LogP contribution in [0.3, 0.4) is 0 Å². The van der Waals surface area contributed by atoms with Crippen LogP contribution in [0.5, 0.6) is 0 Å². The van der Waals surface area contributed by atoms with Gasteiger partial charge in [0, 0.05) is 24.1 Å². The maximum Gasteiger partial charge on any atom is 0.254 e. The number of halogens is 2. The molecule has 0 bridgehead atoms. The molecule has 3 rings (SSSR count). The molecule has 0 aliphatic carbocycles. The highest BCUT2D eigenvalue weighted by molar-refractivity contribution is 6.01. The predicted octanol–water partition coefficient (Wildman–Crippen LogP) is 3.79. The smallest absolute Gasteiger partial charge is 0.254 e. The molecule has 26 heavy (non-hydrogen) atoms. The largest absolute Gasteiger partial charge is 0.390 e. The Morgan fingerprint density at radius 2 is 1.96 bits per heavy atom. The van der Waals surface area contributed by atoms with E-state index in [1.165, 1.54) is 35.2 Å². The van der Waals surface area contributed by atoms with Gasteiger partial charge in [-0.25, -0.2) is 8.78 Å². The molecule has 134 valence electrons. The van der Waals surface area contributed by atoms with Crippen LogP contribution < -0.4 is 0 Å². The minimum atomic E-state index is -0.469. The fourth-order valence-electron chi connectivity index (χ4n) is 2.81. The number of carbonyl (C=O) groups is 1. The van der Waals surface area contributed by atoms with Gasteiger partial charge in [0.25, 0.3) is 5.91 Å². The lowest BCUT2D eigenvalue weighted by Crippen LogP contribution is -2.37. The van der Waals surface area contributed by atoms with Gasteiger partial charge < -0.3 is 9.74 Å². The summed E-state index contributed by atoms with van der Waals surface area (Å²) in [4.78, 5) is 19.6. The minimum Gasteiger partial charge on any atom is -0.390 e. The second kappa shape index (κ2) is 7.91. The summed E-state index contributed by atoms with van der Waals surface area (Å²) in [5, 5.41) is 4.01. The first-order chi connectivity index (χ1) is 12.6. The van der Waals surface area contributed by atoms with Crippen molar-refractivity contribution in [3.63, 3.8) is 0 Å². The van der Waals surface area contributed by atoms with Gasteiger partial charge in [-0.2, -0.15) is 0 Å². The number of hydrogen-bond acceptors (Lipinski definition) is 3. The summed E-state index contributed by atoms with van der Waals surface area (Å²) in [5.74, 6) is -1.13. The SMILES string of the molecule is C=CCN(CC1CC(c2cccc(F)c2)=NO1)C(=O)c1cccc(F)c1. The summed E-state index contributed by atoms with van der Waals surface area (Å²) in [6, 6.07) is 11.7. The Balaban J connectivity index is 1.68. The second-order valence-corrected chi connectivity index (χ2v) is 5.99. The molecule has 0 aromatic heterocycles. The van der Waals surface area contributed by atoms with Crippen molar-refractivity contribution in [1.82, 2.24) is 4.90 Å². The van der Waals surface area contributed by atoms with Crippen LogP contribution in [0, 0.1) is 11.6 Å². The molecule has 1 heterocycles. The third-order valence-electron chi connectivity index (χ3n) is 4.02. The monoisotopic (exact) mass is 356 g/mol. The average Bonchev–Trinajstić information content (AvgIpc) is 3.09. The van der Waals surface area contributed by atoms with E-state index in [1.54, 1.807) is 24.3 Å². The third-order valence-corrected chi connectivity index (χ3v) is 4.02. The molecule has 1 amide bonds. The zero-order chi connectivity index (χ0) is 18.5. The highest BCUT2D eigenvalue weighted by atomic mass is 19.1. The van der Waals surface area contributed by atoms with Crippen LogP contribution in [-0.2, 0) is 4.84 Å². The van der Waals surface area contributed by atoms with Crippen molar-refractivity contribution < 1.29 is 18.4 Å². The topological polar surface area (TPSA) is 41.9 Å². The molecule has 2 aromatic carbocycles. The molecule has 0 fully saturated rings. The Morgan fingerprint density at radius 3 is 2.65 bits per heavy atom. The van der Waals surface area contributed by atoms with E-state index < -0.39 is 5.82 Å². The van der Waals surface area contributed by atoms with E-state index in [-0.39, 0.29) is 29.9 Å². The van der Waals surface area contributed by atoms with E-state index in [2.05, 4.69) is 11.7 Å². The van der Waals surface area contributed by atoms with Crippen LogP contribution in [0.4, 0.5) is 8.78 Å². The standard InChI is InChI=1S/C20H18F2N2O2/c1-2-9-24(20(25)15-6-4-8-17(22)11-15)13-18-12-19(23-26-18)14-5-3-7-16(21)10-14/h2-8,10-11,18H,1,9,12-13H2. The number of benzene rings is 2. The number of nitrogens with zero attached hydrogens (tertiary/aromatic N) is 2. The fourth-order valence-corrected chi connectivity index (χ4v) is 2.81. The van der Waals surface area contributed by atoms with Gasteiger partial charge in [-0.15, -0.1) is 6.58 Å². The number of rotatable bonds is 6. The molecular formula is C20H18F2N2O2. The summed E-state index contributed by atoms with van der Waals surface area (Å²) >= 11 is 0. The molecule has 4 nitrogen and oxygen atoms in total. The van der Waals surface area contributed by atoms with Crippen molar-refractivity contribution in [3.8, 4) is 0 Å². The lowest BCUT2D eigenvalue weighted by Gasteiger charge is -2.23. The zero-order valence-electron chi connectivity index (χ0n) is 14.1. The van der Waals surface area contributed by atoms with Crippen LogP contribution in [0.25, 0.3) is 0 Å². The first kappa shape index (κ1) is 17.8. The van der Waals surface area contributed by atoms with Gasteiger partial charge >= 0.3 is 0 Å². The first-order valence-electron chi connectivity index (χ1n) is 8.21. The Kier molecular flexibility index (Phi) is 5.41. The number of oxime groups is 1. The highest BCUT2D eigenvalue weighted by Gasteiger charge is 2.27. The van der Waals surface area contributed by atoms with E-state index >= 15 is 0 Å². The maximum absolute atomic E-state index is 13.4. The predicted molar refractivity (Wildman–Crippen MR) is 94.9 cm³/mol. The normalized spacial score (nSPS) is 15.9. The Hall–Kier alpha value is -3.02. The number of carbonyl (C=O) groups excluding carboxylic acids is 1. The lowest BCUT2D eigenvalue weighted by molar-refractivity contribution is 0.0449. The number of amides is 1. The van der Waals surface area contributed by atoms with Crippen LogP contribution in [-0.4, -0.2) is 35.7 Å². The lowest BCUT2D eigenvalue weighted by atomic mass is 10.0. The van der Waals surface area contributed by atoms with Crippen molar-refractivity contribution in [3.05, 3.63) is 83.9 Å². The second-order valence-electron chi connectivity index (χ2n) is 5.99. The van der Waals surface area contributed by atoms with E-state index in [0.717, 1.165) is 0 Å². The van der Waals surface area contributed by atoms with Gasteiger partial charge in [0.05, 0.1) is 12.3 Å². The molecule has 0 N–H and O–H groups in total. The van der Waals surface area contributed by atoms with Gasteiger partial charge in [-0.05, 0) is 30.3 Å². The van der Waals surface area contributed by atoms with Gasteiger partial charge in [0.15, 0.2) is 6.10 Å². The minimum absolute atomic E-state index is 0.260. The Labute approximate surface area is 150 Å². The van der Waals surface area contributed by atoms with E-state index in [0.29, 0.717) is 24.2 Å². The molecule has 1 unspecified atom stereocenters. The molecule has 2 aromatic rings.